The lowest BCUT2D eigenvalue weighted by Crippen LogP contribution is -2.33. The average Bonchev–Trinajstić information content (AvgIpc) is 3.17. The van der Waals surface area contributed by atoms with Gasteiger partial charge in [-0.15, -0.1) is 11.3 Å². The molecule has 0 aromatic carbocycles. The first-order valence-electron chi connectivity index (χ1n) is 7.62. The number of carbonyl (C=O) groups excluding carboxylic acids is 1. The highest BCUT2D eigenvalue weighted by Gasteiger charge is 2.30. The molecule has 0 bridgehead atoms. The SMILES string of the molecule is COCC(=O)N1CCC[C@H]1c1cccc(Nc2ncc(C)s2)n1. The van der Waals surface area contributed by atoms with Crippen LogP contribution in [0.4, 0.5) is 10.9 Å². The van der Waals surface area contributed by atoms with Gasteiger partial charge in [-0.25, -0.2) is 9.97 Å². The van der Waals surface area contributed by atoms with Crippen LogP contribution in [0.5, 0.6) is 0 Å². The number of carbonyl (C=O) groups is 1. The molecule has 1 fully saturated rings. The van der Waals surface area contributed by atoms with Crippen LogP contribution in [0.25, 0.3) is 0 Å². The zero-order valence-electron chi connectivity index (χ0n) is 13.3. The minimum Gasteiger partial charge on any atom is -0.375 e. The van der Waals surface area contributed by atoms with Crippen molar-refractivity contribution in [3.05, 3.63) is 35.0 Å². The van der Waals surface area contributed by atoms with Gasteiger partial charge >= 0.3 is 0 Å². The Labute approximate surface area is 139 Å². The number of anilines is 2. The van der Waals surface area contributed by atoms with Gasteiger partial charge in [-0.1, -0.05) is 6.07 Å². The van der Waals surface area contributed by atoms with Crippen LogP contribution in [0.2, 0.25) is 0 Å². The van der Waals surface area contributed by atoms with E-state index in [1.54, 1.807) is 18.4 Å². The van der Waals surface area contributed by atoms with Crippen molar-refractivity contribution >= 4 is 28.2 Å². The summed E-state index contributed by atoms with van der Waals surface area (Å²) in [5.41, 5.74) is 0.908. The molecule has 1 aliphatic heterocycles. The Balaban J connectivity index is 1.77. The monoisotopic (exact) mass is 332 g/mol. The van der Waals surface area contributed by atoms with Crippen molar-refractivity contribution < 1.29 is 9.53 Å². The van der Waals surface area contributed by atoms with Crippen molar-refractivity contribution in [1.82, 2.24) is 14.9 Å². The van der Waals surface area contributed by atoms with Crippen LogP contribution in [0.3, 0.4) is 0 Å². The Bertz CT molecular complexity index is 688. The highest BCUT2D eigenvalue weighted by atomic mass is 32.1. The molecule has 2 aromatic rings. The Kier molecular flexibility index (Phi) is 4.88. The normalized spacial score (nSPS) is 17.5. The molecule has 0 aliphatic carbocycles. The molecule has 0 saturated carbocycles. The van der Waals surface area contributed by atoms with Gasteiger partial charge in [0.15, 0.2) is 5.13 Å². The minimum absolute atomic E-state index is 0.0192. The molecule has 1 atom stereocenters. The number of methoxy groups -OCH3 is 1. The minimum atomic E-state index is 0.0192. The lowest BCUT2D eigenvalue weighted by Gasteiger charge is -2.24. The number of aryl methyl sites for hydroxylation is 1. The molecule has 3 rings (SSSR count). The van der Waals surface area contributed by atoms with Crippen LogP contribution in [0.15, 0.2) is 24.4 Å². The molecule has 23 heavy (non-hydrogen) atoms. The summed E-state index contributed by atoms with van der Waals surface area (Å²) >= 11 is 1.59. The first-order chi connectivity index (χ1) is 11.2. The van der Waals surface area contributed by atoms with Gasteiger partial charge in [0.1, 0.15) is 12.4 Å². The molecule has 1 saturated heterocycles. The van der Waals surface area contributed by atoms with Gasteiger partial charge in [-0.05, 0) is 31.9 Å². The fraction of sp³-hybridized carbons (Fsp3) is 0.438. The van der Waals surface area contributed by atoms with E-state index in [2.05, 4.69) is 15.3 Å². The summed E-state index contributed by atoms with van der Waals surface area (Å²) in [4.78, 5) is 24.1. The van der Waals surface area contributed by atoms with Gasteiger partial charge in [0.25, 0.3) is 0 Å². The third-order valence-corrected chi connectivity index (χ3v) is 4.64. The van der Waals surface area contributed by atoms with Crippen LogP contribution >= 0.6 is 11.3 Å². The van der Waals surface area contributed by atoms with Crippen LogP contribution in [-0.2, 0) is 9.53 Å². The van der Waals surface area contributed by atoms with Crippen LogP contribution in [0.1, 0.15) is 29.5 Å². The van der Waals surface area contributed by atoms with Crippen LogP contribution in [0, 0.1) is 6.92 Å². The number of pyridine rings is 1. The van der Waals surface area contributed by atoms with Crippen molar-refractivity contribution in [1.29, 1.82) is 0 Å². The van der Waals surface area contributed by atoms with E-state index in [9.17, 15) is 4.79 Å². The molecular formula is C16H20N4O2S. The largest absolute Gasteiger partial charge is 0.375 e. The Morgan fingerprint density at radius 2 is 2.39 bits per heavy atom. The number of amides is 1. The summed E-state index contributed by atoms with van der Waals surface area (Å²) in [7, 11) is 1.54. The number of hydrogen-bond donors (Lipinski definition) is 1. The fourth-order valence-corrected chi connectivity index (χ4v) is 3.48. The summed E-state index contributed by atoms with van der Waals surface area (Å²) < 4.78 is 4.97. The highest BCUT2D eigenvalue weighted by Crippen LogP contribution is 2.32. The smallest absolute Gasteiger partial charge is 0.249 e. The molecule has 7 heteroatoms. The number of hydrogen-bond acceptors (Lipinski definition) is 6. The predicted molar refractivity (Wildman–Crippen MR) is 89.9 cm³/mol. The van der Waals surface area contributed by atoms with Crippen LogP contribution in [-0.4, -0.2) is 41.0 Å². The summed E-state index contributed by atoms with van der Waals surface area (Å²) in [6.45, 7) is 2.90. The summed E-state index contributed by atoms with van der Waals surface area (Å²) in [6.07, 6.45) is 3.76. The second-order valence-electron chi connectivity index (χ2n) is 5.53. The van der Waals surface area contributed by atoms with Crippen molar-refractivity contribution in [2.75, 3.05) is 25.6 Å². The maximum Gasteiger partial charge on any atom is 0.249 e. The van der Waals surface area contributed by atoms with E-state index in [1.807, 2.05) is 36.2 Å². The van der Waals surface area contributed by atoms with E-state index in [4.69, 9.17) is 4.74 Å². The van der Waals surface area contributed by atoms with Crippen molar-refractivity contribution in [3.8, 4) is 0 Å². The second kappa shape index (κ2) is 7.06. The van der Waals surface area contributed by atoms with E-state index in [1.165, 1.54) is 0 Å². The number of ether oxygens (including phenoxy) is 1. The Morgan fingerprint density at radius 1 is 1.52 bits per heavy atom. The molecule has 0 unspecified atom stereocenters. The summed E-state index contributed by atoms with van der Waals surface area (Å²) in [5.74, 6) is 0.772. The first-order valence-corrected chi connectivity index (χ1v) is 8.44. The van der Waals surface area contributed by atoms with Gasteiger partial charge in [-0.2, -0.15) is 0 Å². The zero-order chi connectivity index (χ0) is 16.2. The maximum absolute atomic E-state index is 12.2. The van der Waals surface area contributed by atoms with Crippen molar-refractivity contribution in [3.63, 3.8) is 0 Å². The van der Waals surface area contributed by atoms with E-state index < -0.39 is 0 Å². The van der Waals surface area contributed by atoms with Gasteiger partial charge in [-0.3, -0.25) is 4.79 Å². The molecule has 6 nitrogen and oxygen atoms in total. The number of rotatable bonds is 5. The van der Waals surface area contributed by atoms with Crippen molar-refractivity contribution in [2.24, 2.45) is 0 Å². The lowest BCUT2D eigenvalue weighted by molar-refractivity contribution is -0.136. The summed E-state index contributed by atoms with van der Waals surface area (Å²) in [6, 6.07) is 5.87. The number of nitrogens with zero attached hydrogens (tertiary/aromatic N) is 3. The van der Waals surface area contributed by atoms with Gasteiger partial charge in [0.2, 0.25) is 5.91 Å². The lowest BCUT2D eigenvalue weighted by atomic mass is 10.1. The standard InChI is InChI=1S/C16H20N4O2S/c1-11-9-17-16(23-11)19-14-7-3-5-12(18-14)13-6-4-8-20(13)15(21)10-22-2/h3,5,7,9,13H,4,6,8,10H2,1-2H3,(H,17,18,19)/t13-/m0/s1. The second-order valence-corrected chi connectivity index (χ2v) is 6.76. The molecule has 1 N–H and O–H groups in total. The van der Waals surface area contributed by atoms with E-state index in [0.717, 1.165) is 40.9 Å². The fourth-order valence-electron chi connectivity index (χ4n) is 2.81. The summed E-state index contributed by atoms with van der Waals surface area (Å²) in [5, 5.41) is 4.05. The average molecular weight is 332 g/mol. The van der Waals surface area contributed by atoms with Gasteiger partial charge in [0.05, 0.1) is 11.7 Å². The maximum atomic E-state index is 12.2. The van der Waals surface area contributed by atoms with E-state index in [-0.39, 0.29) is 18.6 Å². The number of thiazole rings is 1. The number of nitrogens with one attached hydrogen (secondary N) is 1. The van der Waals surface area contributed by atoms with E-state index >= 15 is 0 Å². The molecule has 1 amide bonds. The quantitative estimate of drug-likeness (QED) is 0.912. The highest BCUT2D eigenvalue weighted by molar-refractivity contribution is 7.15. The Morgan fingerprint density at radius 3 is 3.13 bits per heavy atom. The zero-order valence-corrected chi connectivity index (χ0v) is 14.1. The molecule has 0 radical (unpaired) electrons. The number of aromatic nitrogens is 2. The predicted octanol–water partition coefficient (Wildman–Crippen LogP) is 2.90. The van der Waals surface area contributed by atoms with Gasteiger partial charge < -0.3 is 15.0 Å². The first kappa shape index (κ1) is 15.9. The number of likely N-dealkylation sites (tertiary alicyclic amines) is 1. The van der Waals surface area contributed by atoms with Gasteiger partial charge in [0, 0.05) is 24.7 Å². The van der Waals surface area contributed by atoms with Crippen LogP contribution < -0.4 is 5.32 Å². The molecule has 3 heterocycles. The third kappa shape index (κ3) is 3.68. The topological polar surface area (TPSA) is 67.3 Å². The molecule has 2 aromatic heterocycles. The van der Waals surface area contributed by atoms with E-state index in [0.29, 0.717) is 0 Å². The molecule has 1 aliphatic rings. The van der Waals surface area contributed by atoms with Crippen molar-refractivity contribution in [2.45, 2.75) is 25.8 Å². The molecule has 122 valence electrons. The Hall–Kier alpha value is -1.99. The third-order valence-electron chi connectivity index (χ3n) is 3.81. The molecule has 0 spiro atoms. The molecular weight excluding hydrogens is 312 g/mol.